The number of guanidine groups is 1. The molecule has 1 amide bonds. The number of hydrogen-bond donors (Lipinski definition) is 3. The van der Waals surface area contributed by atoms with Crippen molar-refractivity contribution >= 4 is 11.9 Å². The van der Waals surface area contributed by atoms with Gasteiger partial charge in [0.15, 0.2) is 5.96 Å². The van der Waals surface area contributed by atoms with Crippen LogP contribution in [-0.2, 0) is 4.79 Å². The van der Waals surface area contributed by atoms with E-state index in [0.29, 0.717) is 12.5 Å². The van der Waals surface area contributed by atoms with E-state index in [1.165, 1.54) is 12.8 Å². The van der Waals surface area contributed by atoms with Gasteiger partial charge in [-0.05, 0) is 31.6 Å². The number of carbonyl (C=O) groups is 1. The molecule has 2 aliphatic rings. The first-order valence-electron chi connectivity index (χ1n) is 6.52. The van der Waals surface area contributed by atoms with Crippen LogP contribution in [-0.4, -0.2) is 38.5 Å². The Bertz CT molecular complexity index is 295. The van der Waals surface area contributed by atoms with Crippen molar-refractivity contribution < 1.29 is 4.79 Å². The topological polar surface area (TPSA) is 65.5 Å². The Kier molecular flexibility index (Phi) is 4.23. The van der Waals surface area contributed by atoms with Crippen molar-refractivity contribution in [2.75, 3.05) is 26.7 Å². The first-order chi connectivity index (χ1) is 8.29. The van der Waals surface area contributed by atoms with Crippen LogP contribution in [0.25, 0.3) is 0 Å². The predicted molar refractivity (Wildman–Crippen MR) is 67.8 cm³/mol. The summed E-state index contributed by atoms with van der Waals surface area (Å²) < 4.78 is 0. The maximum absolute atomic E-state index is 11.4. The average Bonchev–Trinajstić information content (AvgIpc) is 3.18. The number of nitrogens with one attached hydrogen (secondary N) is 3. The third kappa shape index (κ3) is 4.63. The van der Waals surface area contributed by atoms with Crippen molar-refractivity contribution in [2.24, 2.45) is 16.8 Å². The molecule has 0 unspecified atom stereocenters. The van der Waals surface area contributed by atoms with E-state index in [9.17, 15) is 4.79 Å². The molecule has 2 aliphatic carbocycles. The maximum atomic E-state index is 11.4. The minimum Gasteiger partial charge on any atom is -0.356 e. The highest BCUT2D eigenvalue weighted by molar-refractivity contribution is 5.81. The summed E-state index contributed by atoms with van der Waals surface area (Å²) in [6, 6.07) is 0. The maximum Gasteiger partial charge on any atom is 0.223 e. The molecule has 0 aromatic carbocycles. The largest absolute Gasteiger partial charge is 0.356 e. The number of hydrogen-bond acceptors (Lipinski definition) is 2. The third-order valence-electron chi connectivity index (χ3n) is 3.14. The van der Waals surface area contributed by atoms with Crippen LogP contribution in [0, 0.1) is 11.8 Å². The molecule has 0 spiro atoms. The second-order valence-electron chi connectivity index (χ2n) is 4.89. The van der Waals surface area contributed by atoms with Crippen molar-refractivity contribution in [3.05, 3.63) is 0 Å². The Hall–Kier alpha value is -1.26. The molecular formula is C12H22N4O. The highest BCUT2D eigenvalue weighted by Crippen LogP contribution is 2.28. The molecule has 0 saturated heterocycles. The van der Waals surface area contributed by atoms with E-state index in [4.69, 9.17) is 0 Å². The Morgan fingerprint density at radius 1 is 1.12 bits per heavy atom. The molecule has 0 aromatic rings. The first kappa shape index (κ1) is 12.2. The summed E-state index contributed by atoms with van der Waals surface area (Å²) in [5.41, 5.74) is 0. The lowest BCUT2D eigenvalue weighted by Crippen LogP contribution is -2.42. The number of aliphatic imine (C=N–C) groups is 1. The van der Waals surface area contributed by atoms with Crippen LogP contribution in [0.2, 0.25) is 0 Å². The summed E-state index contributed by atoms with van der Waals surface area (Å²) in [5, 5.41) is 9.39. The summed E-state index contributed by atoms with van der Waals surface area (Å²) in [7, 11) is 1.77. The Morgan fingerprint density at radius 3 is 2.41 bits per heavy atom. The van der Waals surface area contributed by atoms with E-state index >= 15 is 0 Å². The molecule has 3 N–H and O–H groups in total. The normalized spacial score (nSPS) is 19.9. The van der Waals surface area contributed by atoms with Gasteiger partial charge < -0.3 is 16.0 Å². The summed E-state index contributed by atoms with van der Waals surface area (Å²) >= 11 is 0. The fourth-order valence-electron chi connectivity index (χ4n) is 1.64. The Labute approximate surface area is 102 Å². The fraction of sp³-hybridized carbons (Fsp3) is 0.833. The number of nitrogens with zero attached hydrogens (tertiary/aromatic N) is 1. The van der Waals surface area contributed by atoms with Gasteiger partial charge in [0.2, 0.25) is 5.91 Å². The van der Waals surface area contributed by atoms with Crippen molar-refractivity contribution in [3.63, 3.8) is 0 Å². The molecular weight excluding hydrogens is 216 g/mol. The van der Waals surface area contributed by atoms with Gasteiger partial charge in [0.1, 0.15) is 0 Å². The molecule has 0 radical (unpaired) electrons. The van der Waals surface area contributed by atoms with E-state index < -0.39 is 0 Å². The minimum absolute atomic E-state index is 0.202. The number of rotatable bonds is 6. The lowest BCUT2D eigenvalue weighted by molar-refractivity contribution is -0.122. The first-order valence-corrected chi connectivity index (χ1v) is 6.52. The van der Waals surface area contributed by atoms with Gasteiger partial charge in [-0.15, -0.1) is 0 Å². The van der Waals surface area contributed by atoms with Crippen LogP contribution >= 0.6 is 0 Å². The van der Waals surface area contributed by atoms with Gasteiger partial charge in [-0.1, -0.05) is 0 Å². The van der Waals surface area contributed by atoms with Gasteiger partial charge in [-0.2, -0.15) is 0 Å². The Morgan fingerprint density at radius 2 is 1.82 bits per heavy atom. The Balaban J connectivity index is 1.50. The molecule has 2 rings (SSSR count). The predicted octanol–water partition coefficient (Wildman–Crippen LogP) is 0.0876. The molecule has 0 atom stereocenters. The summed E-state index contributed by atoms with van der Waals surface area (Å²) in [6.45, 7) is 2.40. The van der Waals surface area contributed by atoms with Crippen LogP contribution in [0.5, 0.6) is 0 Å². The van der Waals surface area contributed by atoms with E-state index in [0.717, 1.165) is 37.8 Å². The molecule has 0 bridgehead atoms. The lowest BCUT2D eigenvalue weighted by Gasteiger charge is -2.11. The molecule has 5 heteroatoms. The van der Waals surface area contributed by atoms with Crippen LogP contribution < -0.4 is 16.0 Å². The zero-order valence-electron chi connectivity index (χ0n) is 10.5. The van der Waals surface area contributed by atoms with Crippen molar-refractivity contribution in [1.29, 1.82) is 0 Å². The molecule has 17 heavy (non-hydrogen) atoms. The van der Waals surface area contributed by atoms with E-state index in [1.807, 2.05) is 0 Å². The summed E-state index contributed by atoms with van der Waals surface area (Å²) in [6.07, 6.45) is 4.79. The smallest absolute Gasteiger partial charge is 0.223 e. The summed E-state index contributed by atoms with van der Waals surface area (Å²) in [5.74, 6) is 2.16. The fourth-order valence-corrected chi connectivity index (χ4v) is 1.64. The zero-order valence-corrected chi connectivity index (χ0v) is 10.5. The quantitative estimate of drug-likeness (QED) is 0.349. The van der Waals surface area contributed by atoms with Gasteiger partial charge in [0.25, 0.3) is 0 Å². The van der Waals surface area contributed by atoms with Crippen molar-refractivity contribution in [2.45, 2.75) is 25.7 Å². The molecule has 0 heterocycles. The van der Waals surface area contributed by atoms with Crippen molar-refractivity contribution in [1.82, 2.24) is 16.0 Å². The highest BCUT2D eigenvalue weighted by Gasteiger charge is 2.28. The standard InChI is InChI=1S/C12H22N4O/c1-13-12(16-8-9-2-3-9)15-7-6-14-11(17)10-4-5-10/h9-10H,2-8H2,1H3,(H,14,17)(H2,13,15,16). The van der Waals surface area contributed by atoms with Gasteiger partial charge in [0.05, 0.1) is 0 Å². The molecule has 5 nitrogen and oxygen atoms in total. The van der Waals surface area contributed by atoms with Crippen molar-refractivity contribution in [3.8, 4) is 0 Å². The number of amides is 1. The van der Waals surface area contributed by atoms with Gasteiger partial charge in [-0.3, -0.25) is 9.79 Å². The molecule has 0 aromatic heterocycles. The monoisotopic (exact) mass is 238 g/mol. The van der Waals surface area contributed by atoms with E-state index in [2.05, 4.69) is 20.9 Å². The second kappa shape index (κ2) is 5.89. The van der Waals surface area contributed by atoms with E-state index in [-0.39, 0.29) is 5.91 Å². The van der Waals surface area contributed by atoms with Gasteiger partial charge >= 0.3 is 0 Å². The summed E-state index contributed by atoms with van der Waals surface area (Å²) in [4.78, 5) is 15.5. The second-order valence-corrected chi connectivity index (χ2v) is 4.89. The molecule has 0 aliphatic heterocycles. The molecule has 2 saturated carbocycles. The molecule has 96 valence electrons. The van der Waals surface area contributed by atoms with Crippen LogP contribution in [0.1, 0.15) is 25.7 Å². The third-order valence-corrected chi connectivity index (χ3v) is 3.14. The molecule has 2 fully saturated rings. The van der Waals surface area contributed by atoms with Crippen LogP contribution in [0.4, 0.5) is 0 Å². The number of carbonyl (C=O) groups excluding carboxylic acids is 1. The minimum atomic E-state index is 0.202. The van der Waals surface area contributed by atoms with Gasteiger partial charge in [0, 0.05) is 32.6 Å². The van der Waals surface area contributed by atoms with E-state index in [1.54, 1.807) is 7.05 Å². The lowest BCUT2D eigenvalue weighted by atomic mass is 10.4. The average molecular weight is 238 g/mol. The van der Waals surface area contributed by atoms with Crippen LogP contribution in [0.15, 0.2) is 4.99 Å². The van der Waals surface area contributed by atoms with Gasteiger partial charge in [-0.25, -0.2) is 0 Å². The van der Waals surface area contributed by atoms with Crippen LogP contribution in [0.3, 0.4) is 0 Å². The zero-order chi connectivity index (χ0) is 12.1. The SMILES string of the molecule is CN=C(NCCNC(=O)C1CC1)NCC1CC1. The highest BCUT2D eigenvalue weighted by atomic mass is 16.2.